The highest BCUT2D eigenvalue weighted by atomic mass is 15.1. The molecule has 0 spiro atoms. The van der Waals surface area contributed by atoms with Gasteiger partial charge in [-0.25, -0.2) is 0 Å². The zero-order valence-corrected chi connectivity index (χ0v) is 11.1. The van der Waals surface area contributed by atoms with E-state index in [-0.39, 0.29) is 5.84 Å². The fourth-order valence-corrected chi connectivity index (χ4v) is 2.07. The van der Waals surface area contributed by atoms with Crippen LogP contribution in [0.4, 0.5) is 5.69 Å². The summed E-state index contributed by atoms with van der Waals surface area (Å²) in [5.74, 6) is 0.136. The first-order valence-corrected chi connectivity index (χ1v) is 6.30. The summed E-state index contributed by atoms with van der Waals surface area (Å²) in [6, 6.07) is 6.01. The Bertz CT molecular complexity index is 379. The lowest BCUT2D eigenvalue weighted by atomic mass is 10.1. The van der Waals surface area contributed by atoms with Crippen molar-refractivity contribution in [1.82, 2.24) is 0 Å². The third kappa shape index (κ3) is 3.48. The molecule has 0 aromatic heterocycles. The molecule has 0 fully saturated rings. The lowest BCUT2D eigenvalue weighted by Crippen LogP contribution is -2.25. The summed E-state index contributed by atoms with van der Waals surface area (Å²) >= 11 is 0. The van der Waals surface area contributed by atoms with Crippen molar-refractivity contribution in [3.63, 3.8) is 0 Å². The number of nitrogens with two attached hydrogens (primary N) is 1. The average Bonchev–Trinajstić information content (AvgIpc) is 2.28. The van der Waals surface area contributed by atoms with Crippen LogP contribution in [-0.4, -0.2) is 18.9 Å². The van der Waals surface area contributed by atoms with E-state index in [1.54, 1.807) is 0 Å². The van der Waals surface area contributed by atoms with Crippen LogP contribution in [0.25, 0.3) is 0 Å². The van der Waals surface area contributed by atoms with Gasteiger partial charge in [-0.1, -0.05) is 13.8 Å². The highest BCUT2D eigenvalue weighted by molar-refractivity contribution is 5.95. The normalized spacial score (nSPS) is 10.3. The number of nitrogen functional groups attached to an aromatic ring is 1. The van der Waals surface area contributed by atoms with E-state index in [0.29, 0.717) is 0 Å². The zero-order valence-electron chi connectivity index (χ0n) is 11.1. The highest BCUT2D eigenvalue weighted by Gasteiger charge is 2.08. The molecule has 0 radical (unpaired) electrons. The van der Waals surface area contributed by atoms with Gasteiger partial charge in [-0.05, 0) is 43.5 Å². The Hall–Kier alpha value is -1.51. The Labute approximate surface area is 104 Å². The first-order chi connectivity index (χ1) is 8.10. The van der Waals surface area contributed by atoms with E-state index in [1.807, 2.05) is 12.1 Å². The van der Waals surface area contributed by atoms with Crippen LogP contribution in [0.15, 0.2) is 18.2 Å². The molecule has 3 N–H and O–H groups in total. The molecule has 0 bridgehead atoms. The van der Waals surface area contributed by atoms with Crippen LogP contribution in [0.1, 0.15) is 37.8 Å². The van der Waals surface area contributed by atoms with Gasteiger partial charge in [-0.15, -0.1) is 0 Å². The number of nitrogens with zero attached hydrogens (tertiary/aromatic N) is 1. The van der Waals surface area contributed by atoms with Gasteiger partial charge in [-0.2, -0.15) is 0 Å². The molecule has 3 heteroatoms. The largest absolute Gasteiger partial charge is 0.384 e. The second-order valence-corrected chi connectivity index (χ2v) is 4.40. The molecular formula is C14H23N3. The van der Waals surface area contributed by atoms with Crippen LogP contribution in [0, 0.1) is 12.3 Å². The van der Waals surface area contributed by atoms with Crippen molar-refractivity contribution in [3.05, 3.63) is 29.3 Å². The third-order valence-corrected chi connectivity index (χ3v) is 2.84. The molecule has 0 saturated heterocycles. The predicted octanol–water partition coefficient (Wildman–Crippen LogP) is 2.91. The summed E-state index contributed by atoms with van der Waals surface area (Å²) in [6.07, 6.45) is 2.29. The number of anilines is 1. The summed E-state index contributed by atoms with van der Waals surface area (Å²) in [7, 11) is 0. The van der Waals surface area contributed by atoms with Crippen molar-refractivity contribution in [2.24, 2.45) is 5.73 Å². The first-order valence-electron chi connectivity index (χ1n) is 6.30. The second-order valence-electron chi connectivity index (χ2n) is 4.40. The van der Waals surface area contributed by atoms with Gasteiger partial charge in [0.15, 0.2) is 0 Å². The van der Waals surface area contributed by atoms with Crippen LogP contribution in [0.5, 0.6) is 0 Å². The molecule has 1 rings (SSSR count). The number of aryl methyl sites for hydroxylation is 1. The van der Waals surface area contributed by atoms with E-state index in [2.05, 4.69) is 31.7 Å². The smallest absolute Gasteiger partial charge is 0.122 e. The molecule has 17 heavy (non-hydrogen) atoms. The fourth-order valence-electron chi connectivity index (χ4n) is 2.07. The number of rotatable bonds is 6. The maximum atomic E-state index is 7.44. The van der Waals surface area contributed by atoms with Crippen LogP contribution >= 0.6 is 0 Å². The quantitative estimate of drug-likeness (QED) is 0.586. The van der Waals surface area contributed by atoms with Gasteiger partial charge in [-0.3, -0.25) is 5.41 Å². The number of hydrogen-bond donors (Lipinski definition) is 2. The molecule has 0 saturated carbocycles. The molecule has 0 unspecified atom stereocenters. The van der Waals surface area contributed by atoms with Gasteiger partial charge in [0.05, 0.1) is 0 Å². The van der Waals surface area contributed by atoms with E-state index in [9.17, 15) is 0 Å². The van der Waals surface area contributed by atoms with Gasteiger partial charge in [0.25, 0.3) is 0 Å². The van der Waals surface area contributed by atoms with E-state index in [1.165, 1.54) is 11.3 Å². The van der Waals surface area contributed by atoms with Crippen LogP contribution in [0.2, 0.25) is 0 Å². The van der Waals surface area contributed by atoms with Crippen molar-refractivity contribution in [1.29, 1.82) is 5.41 Å². The van der Waals surface area contributed by atoms with Crippen molar-refractivity contribution >= 4 is 11.5 Å². The Kier molecular flexibility index (Phi) is 5.01. The second kappa shape index (κ2) is 6.28. The Balaban J connectivity index is 2.99. The summed E-state index contributed by atoms with van der Waals surface area (Å²) in [4.78, 5) is 2.40. The monoisotopic (exact) mass is 233 g/mol. The van der Waals surface area contributed by atoms with E-state index in [0.717, 1.165) is 31.5 Å². The van der Waals surface area contributed by atoms with Gasteiger partial charge in [0.1, 0.15) is 5.84 Å². The Morgan fingerprint density at radius 2 is 1.82 bits per heavy atom. The minimum absolute atomic E-state index is 0.136. The molecule has 0 atom stereocenters. The maximum absolute atomic E-state index is 7.44. The molecule has 1 aromatic carbocycles. The van der Waals surface area contributed by atoms with E-state index in [4.69, 9.17) is 11.1 Å². The predicted molar refractivity (Wildman–Crippen MR) is 75.0 cm³/mol. The maximum Gasteiger partial charge on any atom is 0.122 e. The van der Waals surface area contributed by atoms with E-state index >= 15 is 0 Å². The lowest BCUT2D eigenvalue weighted by Gasteiger charge is -2.26. The van der Waals surface area contributed by atoms with Crippen LogP contribution in [-0.2, 0) is 0 Å². The van der Waals surface area contributed by atoms with Crippen LogP contribution < -0.4 is 10.6 Å². The first kappa shape index (κ1) is 13.6. The fraction of sp³-hybridized carbons (Fsp3) is 0.500. The molecule has 0 aliphatic heterocycles. The summed E-state index contributed by atoms with van der Waals surface area (Å²) in [6.45, 7) is 8.63. The summed E-state index contributed by atoms with van der Waals surface area (Å²) in [5, 5.41) is 7.44. The van der Waals surface area contributed by atoms with Gasteiger partial charge >= 0.3 is 0 Å². The van der Waals surface area contributed by atoms with Gasteiger partial charge in [0, 0.05) is 24.3 Å². The third-order valence-electron chi connectivity index (χ3n) is 2.84. The summed E-state index contributed by atoms with van der Waals surface area (Å²) in [5.41, 5.74) is 8.76. The average molecular weight is 233 g/mol. The van der Waals surface area contributed by atoms with Crippen molar-refractivity contribution in [3.8, 4) is 0 Å². The molecule has 0 amide bonds. The molecule has 94 valence electrons. The number of hydrogen-bond acceptors (Lipinski definition) is 2. The zero-order chi connectivity index (χ0) is 12.8. The Morgan fingerprint density at radius 1 is 1.24 bits per heavy atom. The number of nitrogens with one attached hydrogen (secondary N) is 1. The molecule has 0 aliphatic carbocycles. The van der Waals surface area contributed by atoms with E-state index < -0.39 is 0 Å². The van der Waals surface area contributed by atoms with Crippen molar-refractivity contribution in [2.75, 3.05) is 18.0 Å². The minimum atomic E-state index is 0.136. The molecule has 3 nitrogen and oxygen atoms in total. The SMILES string of the molecule is CCCN(CCC)c1ccc(C(=N)N)cc1C. The minimum Gasteiger partial charge on any atom is -0.384 e. The number of amidine groups is 1. The summed E-state index contributed by atoms with van der Waals surface area (Å²) < 4.78 is 0. The molecular weight excluding hydrogens is 210 g/mol. The van der Waals surface area contributed by atoms with Gasteiger partial charge in [0.2, 0.25) is 0 Å². The van der Waals surface area contributed by atoms with Crippen molar-refractivity contribution < 1.29 is 0 Å². The topological polar surface area (TPSA) is 53.1 Å². The standard InChI is InChI=1S/C14H23N3/c1-4-8-17(9-5-2)13-7-6-12(14(15)16)10-11(13)3/h6-7,10H,4-5,8-9H2,1-3H3,(H3,15,16). The molecule has 1 aromatic rings. The van der Waals surface area contributed by atoms with Gasteiger partial charge < -0.3 is 10.6 Å². The lowest BCUT2D eigenvalue weighted by molar-refractivity contribution is 0.743. The Morgan fingerprint density at radius 3 is 2.24 bits per heavy atom. The highest BCUT2D eigenvalue weighted by Crippen LogP contribution is 2.21. The molecule has 0 heterocycles. The molecule has 0 aliphatic rings. The van der Waals surface area contributed by atoms with Crippen LogP contribution in [0.3, 0.4) is 0 Å². The van der Waals surface area contributed by atoms with Crippen molar-refractivity contribution in [2.45, 2.75) is 33.6 Å². The number of benzene rings is 1.